The average molecular weight is 368 g/mol. The second kappa shape index (κ2) is 10.8. The van der Waals surface area contributed by atoms with Gasteiger partial charge in [-0.05, 0) is 12.1 Å². The summed E-state index contributed by atoms with van der Waals surface area (Å²) in [7, 11) is 0. The molecule has 134 valence electrons. The highest BCUT2D eigenvalue weighted by molar-refractivity contribution is 7.15. The quantitative estimate of drug-likeness (QED) is 0.265. The number of ether oxygens (including phenoxy) is 4. The summed E-state index contributed by atoms with van der Waals surface area (Å²) in [6.07, 6.45) is 1.99. The molecule has 0 spiro atoms. The summed E-state index contributed by atoms with van der Waals surface area (Å²) < 4.78 is 19.1. The number of rotatable bonds is 10. The Morgan fingerprint density at radius 3 is 1.48 bits per heavy atom. The van der Waals surface area contributed by atoms with Gasteiger partial charge in [0.2, 0.25) is 0 Å². The molecule has 8 nitrogen and oxygen atoms in total. The van der Waals surface area contributed by atoms with Gasteiger partial charge in [0, 0.05) is 12.2 Å². The molecule has 1 aromatic heterocycles. The van der Waals surface area contributed by atoms with Crippen LogP contribution in [0.15, 0.2) is 37.4 Å². The normalized spacial score (nSPS) is 9.60. The Hall–Kier alpha value is -2.94. The lowest BCUT2D eigenvalue weighted by molar-refractivity contribution is -0.139. The molecular weight excluding hydrogens is 352 g/mol. The lowest BCUT2D eigenvalue weighted by Crippen LogP contribution is -2.12. The van der Waals surface area contributed by atoms with E-state index in [9.17, 15) is 19.2 Å². The van der Waals surface area contributed by atoms with Crippen LogP contribution in [0, 0.1) is 0 Å². The smallest absolute Gasteiger partial charge is 0.348 e. The fraction of sp³-hybridized carbons (Fsp3) is 0.250. The molecule has 1 heterocycles. The van der Waals surface area contributed by atoms with Crippen molar-refractivity contribution < 1.29 is 38.1 Å². The van der Waals surface area contributed by atoms with Crippen LogP contribution in [0.3, 0.4) is 0 Å². The zero-order valence-electron chi connectivity index (χ0n) is 13.2. The molecule has 0 bridgehead atoms. The second-order valence-corrected chi connectivity index (χ2v) is 5.26. The maximum atomic E-state index is 11.8. The molecule has 0 radical (unpaired) electrons. The van der Waals surface area contributed by atoms with Crippen LogP contribution >= 0.6 is 11.3 Å². The monoisotopic (exact) mass is 368 g/mol. The Labute approximate surface area is 147 Å². The number of carbonyl (C=O) groups excluding carboxylic acids is 4. The van der Waals surface area contributed by atoms with Crippen molar-refractivity contribution >= 4 is 35.2 Å². The third kappa shape index (κ3) is 7.44. The molecule has 0 fully saturated rings. The third-order valence-corrected chi connectivity index (χ3v) is 3.51. The SMILES string of the molecule is C=CC(=O)OCCOC(=O)c1ccc(C(=O)OCCOC(=O)C=C)s1. The topological polar surface area (TPSA) is 105 Å². The van der Waals surface area contributed by atoms with Gasteiger partial charge in [-0.25, -0.2) is 19.2 Å². The van der Waals surface area contributed by atoms with Gasteiger partial charge in [-0.15, -0.1) is 11.3 Å². The molecule has 0 saturated heterocycles. The highest BCUT2D eigenvalue weighted by atomic mass is 32.1. The molecule has 1 rings (SSSR count). The average Bonchev–Trinajstić information content (AvgIpc) is 3.11. The fourth-order valence-electron chi connectivity index (χ4n) is 1.37. The van der Waals surface area contributed by atoms with Crippen LogP contribution in [0.25, 0.3) is 0 Å². The Bertz CT molecular complexity index is 606. The predicted molar refractivity (Wildman–Crippen MR) is 87.2 cm³/mol. The Kier molecular flexibility index (Phi) is 8.66. The molecule has 0 N–H and O–H groups in total. The summed E-state index contributed by atoms with van der Waals surface area (Å²) in [5.41, 5.74) is 0. The van der Waals surface area contributed by atoms with E-state index in [4.69, 9.17) is 9.47 Å². The lowest BCUT2D eigenvalue weighted by Gasteiger charge is -2.04. The number of esters is 4. The first-order valence-corrected chi connectivity index (χ1v) is 7.82. The van der Waals surface area contributed by atoms with Crippen molar-refractivity contribution in [2.45, 2.75) is 0 Å². The number of carbonyl (C=O) groups is 4. The van der Waals surface area contributed by atoms with Crippen LogP contribution in [0.4, 0.5) is 0 Å². The summed E-state index contributed by atoms with van der Waals surface area (Å²) in [6, 6.07) is 2.83. The van der Waals surface area contributed by atoms with E-state index in [0.717, 1.165) is 23.5 Å². The van der Waals surface area contributed by atoms with Gasteiger partial charge in [0.15, 0.2) is 0 Å². The first-order valence-electron chi connectivity index (χ1n) is 7.00. The summed E-state index contributed by atoms with van der Waals surface area (Å²) in [5, 5.41) is 0. The Morgan fingerprint density at radius 2 is 1.12 bits per heavy atom. The molecule has 0 aliphatic carbocycles. The second-order valence-electron chi connectivity index (χ2n) is 4.18. The highest BCUT2D eigenvalue weighted by Crippen LogP contribution is 2.18. The summed E-state index contributed by atoms with van der Waals surface area (Å²) in [4.78, 5) is 45.5. The van der Waals surface area contributed by atoms with Crippen molar-refractivity contribution in [3.63, 3.8) is 0 Å². The minimum atomic E-state index is -0.654. The molecule has 0 unspecified atom stereocenters. The van der Waals surface area contributed by atoms with E-state index >= 15 is 0 Å². The van der Waals surface area contributed by atoms with Gasteiger partial charge in [0.05, 0.1) is 0 Å². The first kappa shape index (κ1) is 20.1. The third-order valence-electron chi connectivity index (χ3n) is 2.46. The lowest BCUT2D eigenvalue weighted by atomic mass is 10.4. The van der Waals surface area contributed by atoms with Crippen LogP contribution in [-0.4, -0.2) is 50.3 Å². The summed E-state index contributed by atoms with van der Waals surface area (Å²) >= 11 is 0.890. The van der Waals surface area contributed by atoms with Crippen LogP contribution in [-0.2, 0) is 28.5 Å². The minimum Gasteiger partial charge on any atom is -0.459 e. The Morgan fingerprint density at radius 1 is 0.760 bits per heavy atom. The number of hydrogen-bond donors (Lipinski definition) is 0. The maximum absolute atomic E-state index is 11.8. The van der Waals surface area contributed by atoms with Crippen molar-refractivity contribution in [1.29, 1.82) is 0 Å². The minimum absolute atomic E-state index is 0.0969. The Balaban J connectivity index is 2.36. The van der Waals surface area contributed by atoms with Crippen molar-refractivity contribution in [3.05, 3.63) is 47.2 Å². The van der Waals surface area contributed by atoms with E-state index in [1.807, 2.05) is 0 Å². The molecule has 25 heavy (non-hydrogen) atoms. The van der Waals surface area contributed by atoms with Crippen LogP contribution in [0.5, 0.6) is 0 Å². The molecular formula is C16H16O8S. The maximum Gasteiger partial charge on any atom is 0.348 e. The fourth-order valence-corrected chi connectivity index (χ4v) is 2.16. The van der Waals surface area contributed by atoms with Crippen LogP contribution in [0.1, 0.15) is 19.3 Å². The van der Waals surface area contributed by atoms with E-state index in [1.54, 1.807) is 0 Å². The van der Waals surface area contributed by atoms with Gasteiger partial charge in [-0.3, -0.25) is 0 Å². The molecule has 0 amide bonds. The zero-order chi connectivity index (χ0) is 18.7. The first-order chi connectivity index (χ1) is 12.0. The zero-order valence-corrected chi connectivity index (χ0v) is 14.0. The van der Waals surface area contributed by atoms with Crippen LogP contribution in [0.2, 0.25) is 0 Å². The number of thiophene rings is 1. The van der Waals surface area contributed by atoms with Crippen molar-refractivity contribution in [3.8, 4) is 0 Å². The van der Waals surface area contributed by atoms with Gasteiger partial charge in [-0.2, -0.15) is 0 Å². The molecule has 0 aliphatic rings. The van der Waals surface area contributed by atoms with Crippen LogP contribution < -0.4 is 0 Å². The van der Waals surface area contributed by atoms with Gasteiger partial charge in [0.25, 0.3) is 0 Å². The van der Waals surface area contributed by atoms with Gasteiger partial charge < -0.3 is 18.9 Å². The molecule has 0 aromatic carbocycles. The summed E-state index contributed by atoms with van der Waals surface area (Å²) in [6.45, 7) is 6.02. The van der Waals surface area contributed by atoms with Crippen molar-refractivity contribution in [2.24, 2.45) is 0 Å². The predicted octanol–water partition coefficient (Wildman–Crippen LogP) is 1.52. The van der Waals surface area contributed by atoms with E-state index in [0.29, 0.717) is 0 Å². The van der Waals surface area contributed by atoms with Crippen molar-refractivity contribution in [2.75, 3.05) is 26.4 Å². The van der Waals surface area contributed by atoms with E-state index in [2.05, 4.69) is 22.6 Å². The standard InChI is InChI=1S/C16H16O8S/c1-3-13(17)21-7-9-23-15(19)11-5-6-12(25-11)16(20)24-10-8-22-14(18)4-2/h3-6H,1-2,7-10H2. The van der Waals surface area contributed by atoms with Gasteiger partial charge in [0.1, 0.15) is 36.2 Å². The van der Waals surface area contributed by atoms with Crippen molar-refractivity contribution in [1.82, 2.24) is 0 Å². The molecule has 0 atom stereocenters. The number of hydrogen-bond acceptors (Lipinski definition) is 9. The molecule has 0 aliphatic heterocycles. The van der Waals surface area contributed by atoms with Gasteiger partial charge in [-0.1, -0.05) is 13.2 Å². The molecule has 0 saturated carbocycles. The highest BCUT2D eigenvalue weighted by Gasteiger charge is 2.16. The molecule has 9 heteroatoms. The van der Waals surface area contributed by atoms with E-state index < -0.39 is 23.9 Å². The molecule has 1 aromatic rings. The van der Waals surface area contributed by atoms with Gasteiger partial charge >= 0.3 is 23.9 Å². The van der Waals surface area contributed by atoms with E-state index in [1.165, 1.54) is 12.1 Å². The van der Waals surface area contributed by atoms with E-state index in [-0.39, 0.29) is 36.2 Å². The largest absolute Gasteiger partial charge is 0.459 e. The summed E-state index contributed by atoms with van der Waals surface area (Å²) in [5.74, 6) is -2.54.